The molecular weight excluding hydrogens is 254 g/mol. The molecule has 0 saturated heterocycles. The van der Waals surface area contributed by atoms with E-state index in [1.165, 1.54) is 76.2 Å². The first kappa shape index (κ1) is 16.5. The fourth-order valence-electron chi connectivity index (χ4n) is 3.52. The van der Waals surface area contributed by atoms with Crippen LogP contribution in [0.4, 0.5) is 0 Å². The van der Waals surface area contributed by atoms with Crippen molar-refractivity contribution in [1.29, 1.82) is 0 Å². The lowest BCUT2D eigenvalue weighted by atomic mass is 9.97. The fourth-order valence-corrected chi connectivity index (χ4v) is 3.52. The van der Waals surface area contributed by atoms with Crippen molar-refractivity contribution in [2.24, 2.45) is 0 Å². The summed E-state index contributed by atoms with van der Waals surface area (Å²) in [5.41, 5.74) is 1.42. The fraction of sp³-hybridized carbons (Fsp3) is 0.700. The minimum Gasteiger partial charge on any atom is -0.307 e. The van der Waals surface area contributed by atoms with Crippen LogP contribution in [0.1, 0.15) is 89.2 Å². The molecule has 0 radical (unpaired) electrons. The highest BCUT2D eigenvalue weighted by atomic mass is 14.9. The normalized spacial score (nSPS) is 21.2. The second kappa shape index (κ2) is 10.00. The van der Waals surface area contributed by atoms with E-state index in [0.29, 0.717) is 12.1 Å². The zero-order valence-corrected chi connectivity index (χ0v) is 13.8. The van der Waals surface area contributed by atoms with Gasteiger partial charge >= 0.3 is 0 Å². The van der Waals surface area contributed by atoms with E-state index in [4.69, 9.17) is 0 Å². The molecule has 1 aliphatic rings. The van der Waals surface area contributed by atoms with Crippen LogP contribution in [0.3, 0.4) is 0 Å². The SMILES string of the molecule is C[C@H](NC1CCCCCCCCCCC1)c1ccccc1. The Kier molecular flexibility index (Phi) is 7.88. The highest BCUT2D eigenvalue weighted by molar-refractivity contribution is 5.18. The molecular formula is C20H33N. The van der Waals surface area contributed by atoms with Crippen LogP contribution in [0.15, 0.2) is 30.3 Å². The van der Waals surface area contributed by atoms with Crippen molar-refractivity contribution >= 4 is 0 Å². The Morgan fingerprint density at radius 3 is 1.76 bits per heavy atom. The molecule has 0 spiro atoms. The van der Waals surface area contributed by atoms with Crippen molar-refractivity contribution in [3.05, 3.63) is 35.9 Å². The third-order valence-corrected chi connectivity index (χ3v) is 4.89. The summed E-state index contributed by atoms with van der Waals surface area (Å²) in [6, 6.07) is 12.1. The lowest BCUT2D eigenvalue weighted by Crippen LogP contribution is -2.31. The molecule has 0 bridgehead atoms. The molecule has 0 aliphatic heterocycles. The van der Waals surface area contributed by atoms with Crippen LogP contribution in [-0.2, 0) is 0 Å². The molecule has 0 unspecified atom stereocenters. The molecule has 1 atom stereocenters. The molecule has 1 aromatic rings. The number of nitrogens with one attached hydrogen (secondary N) is 1. The molecule has 118 valence electrons. The second-order valence-electron chi connectivity index (χ2n) is 6.76. The summed E-state index contributed by atoms with van der Waals surface area (Å²) in [4.78, 5) is 0. The van der Waals surface area contributed by atoms with Gasteiger partial charge in [0.1, 0.15) is 0 Å². The summed E-state index contributed by atoms with van der Waals surface area (Å²) < 4.78 is 0. The molecule has 1 N–H and O–H groups in total. The van der Waals surface area contributed by atoms with Crippen LogP contribution in [-0.4, -0.2) is 6.04 Å². The van der Waals surface area contributed by atoms with Crippen LogP contribution in [0, 0.1) is 0 Å². The zero-order chi connectivity index (χ0) is 14.8. The lowest BCUT2D eigenvalue weighted by Gasteiger charge is -2.24. The van der Waals surface area contributed by atoms with Gasteiger partial charge in [0, 0.05) is 12.1 Å². The largest absolute Gasteiger partial charge is 0.307 e. The molecule has 2 rings (SSSR count). The molecule has 0 heterocycles. The maximum atomic E-state index is 3.89. The van der Waals surface area contributed by atoms with Crippen molar-refractivity contribution in [2.75, 3.05) is 0 Å². The van der Waals surface area contributed by atoms with E-state index in [1.807, 2.05) is 0 Å². The topological polar surface area (TPSA) is 12.0 Å². The quantitative estimate of drug-likeness (QED) is 0.717. The third kappa shape index (κ3) is 6.65. The minimum atomic E-state index is 0.476. The van der Waals surface area contributed by atoms with Gasteiger partial charge in [0.25, 0.3) is 0 Å². The second-order valence-corrected chi connectivity index (χ2v) is 6.76. The first-order chi connectivity index (χ1) is 10.4. The molecule has 0 aromatic heterocycles. The van der Waals surface area contributed by atoms with Crippen molar-refractivity contribution in [1.82, 2.24) is 5.32 Å². The van der Waals surface area contributed by atoms with E-state index in [1.54, 1.807) is 0 Å². The van der Waals surface area contributed by atoms with Gasteiger partial charge in [-0.05, 0) is 25.3 Å². The van der Waals surface area contributed by atoms with E-state index in [2.05, 4.69) is 42.6 Å². The number of hydrogen-bond acceptors (Lipinski definition) is 1. The number of hydrogen-bond donors (Lipinski definition) is 1. The van der Waals surface area contributed by atoms with Crippen LogP contribution in [0.5, 0.6) is 0 Å². The molecule has 0 amide bonds. The van der Waals surface area contributed by atoms with Crippen molar-refractivity contribution in [3.8, 4) is 0 Å². The Hall–Kier alpha value is -0.820. The van der Waals surface area contributed by atoms with Gasteiger partial charge in [-0.25, -0.2) is 0 Å². The third-order valence-electron chi connectivity index (χ3n) is 4.89. The Balaban J connectivity index is 1.82. The van der Waals surface area contributed by atoms with Crippen molar-refractivity contribution < 1.29 is 0 Å². The summed E-state index contributed by atoms with van der Waals surface area (Å²) in [7, 11) is 0. The summed E-state index contributed by atoms with van der Waals surface area (Å²) in [6.07, 6.45) is 15.6. The number of benzene rings is 1. The minimum absolute atomic E-state index is 0.476. The predicted molar refractivity (Wildman–Crippen MR) is 92.6 cm³/mol. The standard InChI is InChI=1S/C20H33N/c1-18(19-14-10-9-11-15-19)21-20-16-12-7-5-3-2-4-6-8-13-17-20/h9-11,14-15,18,20-21H,2-8,12-13,16-17H2,1H3/t18-/m0/s1. The van der Waals surface area contributed by atoms with E-state index in [0.717, 1.165) is 0 Å². The van der Waals surface area contributed by atoms with Gasteiger partial charge in [-0.3, -0.25) is 0 Å². The van der Waals surface area contributed by atoms with Gasteiger partial charge in [0.05, 0.1) is 0 Å². The van der Waals surface area contributed by atoms with E-state index >= 15 is 0 Å². The van der Waals surface area contributed by atoms with Gasteiger partial charge in [-0.1, -0.05) is 88.1 Å². The molecule has 1 aromatic carbocycles. The van der Waals surface area contributed by atoms with Gasteiger partial charge in [-0.2, -0.15) is 0 Å². The Labute approximate surface area is 131 Å². The molecule has 1 aliphatic carbocycles. The van der Waals surface area contributed by atoms with E-state index in [-0.39, 0.29) is 0 Å². The van der Waals surface area contributed by atoms with Gasteiger partial charge in [0.2, 0.25) is 0 Å². The number of rotatable bonds is 3. The monoisotopic (exact) mass is 287 g/mol. The average molecular weight is 287 g/mol. The van der Waals surface area contributed by atoms with E-state index in [9.17, 15) is 0 Å². The van der Waals surface area contributed by atoms with Crippen molar-refractivity contribution in [3.63, 3.8) is 0 Å². The summed E-state index contributed by atoms with van der Waals surface area (Å²) in [5, 5.41) is 3.89. The van der Waals surface area contributed by atoms with Gasteiger partial charge < -0.3 is 5.32 Å². The van der Waals surface area contributed by atoms with Gasteiger partial charge in [-0.15, -0.1) is 0 Å². The zero-order valence-electron chi connectivity index (χ0n) is 13.8. The molecule has 1 saturated carbocycles. The van der Waals surface area contributed by atoms with Gasteiger partial charge in [0.15, 0.2) is 0 Å². The predicted octanol–water partition coefficient (Wildman–Crippen LogP) is 6.01. The summed E-state index contributed by atoms with van der Waals surface area (Å²) in [5.74, 6) is 0. The maximum absolute atomic E-state index is 3.89. The Morgan fingerprint density at radius 2 is 1.24 bits per heavy atom. The summed E-state index contributed by atoms with van der Waals surface area (Å²) in [6.45, 7) is 2.31. The Bertz CT molecular complexity index is 347. The Morgan fingerprint density at radius 1 is 0.762 bits per heavy atom. The van der Waals surface area contributed by atoms with Crippen LogP contribution >= 0.6 is 0 Å². The average Bonchev–Trinajstić information content (AvgIpc) is 2.51. The lowest BCUT2D eigenvalue weighted by molar-refractivity contribution is 0.375. The van der Waals surface area contributed by atoms with E-state index < -0.39 is 0 Å². The smallest absolute Gasteiger partial charge is 0.0294 e. The van der Waals surface area contributed by atoms with Crippen LogP contribution in [0.25, 0.3) is 0 Å². The highest BCUT2D eigenvalue weighted by Gasteiger charge is 2.13. The molecule has 1 fully saturated rings. The first-order valence-electron chi connectivity index (χ1n) is 9.17. The van der Waals surface area contributed by atoms with Crippen molar-refractivity contribution in [2.45, 2.75) is 89.6 Å². The molecule has 21 heavy (non-hydrogen) atoms. The maximum Gasteiger partial charge on any atom is 0.0294 e. The highest BCUT2D eigenvalue weighted by Crippen LogP contribution is 2.20. The molecule has 1 nitrogen and oxygen atoms in total. The van der Waals surface area contributed by atoms with Crippen LogP contribution in [0.2, 0.25) is 0 Å². The molecule has 1 heteroatoms. The van der Waals surface area contributed by atoms with Crippen LogP contribution < -0.4 is 5.32 Å². The first-order valence-corrected chi connectivity index (χ1v) is 9.17. The summed E-state index contributed by atoms with van der Waals surface area (Å²) >= 11 is 0.